The molecule has 2 saturated heterocycles. The summed E-state index contributed by atoms with van der Waals surface area (Å²) in [5.41, 5.74) is 1.92. The molecule has 21 heavy (non-hydrogen) atoms. The van der Waals surface area contributed by atoms with Crippen LogP contribution in [0.3, 0.4) is 0 Å². The summed E-state index contributed by atoms with van der Waals surface area (Å²) in [5, 5.41) is 8.60. The van der Waals surface area contributed by atoms with E-state index in [4.69, 9.17) is 11.6 Å². The number of aromatic nitrogens is 3. The summed E-state index contributed by atoms with van der Waals surface area (Å²) in [4.78, 5) is 6.62. The minimum Gasteiger partial charge on any atom is -0.379 e. The summed E-state index contributed by atoms with van der Waals surface area (Å²) in [6.07, 6.45) is 7.00. The maximum atomic E-state index is 6.38. The molecule has 1 aromatic heterocycles. The zero-order chi connectivity index (χ0) is 14.2. The Bertz CT molecular complexity index is 627. The van der Waals surface area contributed by atoms with E-state index in [9.17, 15) is 0 Å². The molecule has 0 amide bonds. The fourth-order valence-electron chi connectivity index (χ4n) is 3.64. The topological polar surface area (TPSA) is 46.0 Å². The first-order valence-electron chi connectivity index (χ1n) is 7.47. The molecule has 2 aliphatic rings. The van der Waals surface area contributed by atoms with Gasteiger partial charge in [-0.1, -0.05) is 17.7 Å². The summed E-state index contributed by atoms with van der Waals surface area (Å²) in [6.45, 7) is 2.44. The monoisotopic (exact) mass is 303 g/mol. The zero-order valence-corrected chi connectivity index (χ0v) is 12.5. The Hall–Kier alpha value is -1.59. The second-order valence-electron chi connectivity index (χ2n) is 5.76. The van der Waals surface area contributed by atoms with E-state index in [2.05, 4.69) is 26.4 Å². The van der Waals surface area contributed by atoms with E-state index < -0.39 is 0 Å². The lowest BCUT2D eigenvalue weighted by atomic mass is 10.1. The molecule has 110 valence electrons. The average molecular weight is 304 g/mol. The summed E-state index contributed by atoms with van der Waals surface area (Å²) >= 11 is 6.38. The summed E-state index contributed by atoms with van der Waals surface area (Å²) in [5.74, 6) is 0. The number of nitrogens with zero attached hydrogens (tertiary/aromatic N) is 4. The number of hydrogen-bond acceptors (Lipinski definition) is 4. The smallest absolute Gasteiger partial charge is 0.138 e. The first-order chi connectivity index (χ1) is 10.3. The maximum absolute atomic E-state index is 6.38. The molecule has 5 nitrogen and oxygen atoms in total. The van der Waals surface area contributed by atoms with Crippen molar-refractivity contribution in [1.82, 2.24) is 19.7 Å². The van der Waals surface area contributed by atoms with Crippen LogP contribution in [0.25, 0.3) is 5.69 Å². The fourth-order valence-corrected chi connectivity index (χ4v) is 3.90. The van der Waals surface area contributed by atoms with Gasteiger partial charge in [0.25, 0.3) is 0 Å². The van der Waals surface area contributed by atoms with Crippen LogP contribution < -0.4 is 5.32 Å². The third-order valence-electron chi connectivity index (χ3n) is 4.58. The summed E-state index contributed by atoms with van der Waals surface area (Å²) in [6, 6.07) is 7.09. The molecule has 1 aromatic carbocycles. The zero-order valence-electron chi connectivity index (χ0n) is 11.7. The second-order valence-corrected chi connectivity index (χ2v) is 6.17. The van der Waals surface area contributed by atoms with Gasteiger partial charge in [0, 0.05) is 18.6 Å². The lowest BCUT2D eigenvalue weighted by molar-refractivity contribution is 0.318. The number of fused-ring (bicyclic) bond motifs is 1. The normalized spacial score (nSPS) is 25.2. The molecule has 0 spiro atoms. The molecular formula is C15H18ClN5. The Balaban J connectivity index is 1.65. The predicted octanol–water partition coefficient (Wildman–Crippen LogP) is 2.57. The van der Waals surface area contributed by atoms with E-state index in [1.54, 1.807) is 11.0 Å². The van der Waals surface area contributed by atoms with Gasteiger partial charge in [-0.25, -0.2) is 9.67 Å². The molecule has 1 N–H and O–H groups in total. The Morgan fingerprint density at radius 1 is 1.24 bits per heavy atom. The van der Waals surface area contributed by atoms with Gasteiger partial charge < -0.3 is 5.32 Å². The van der Waals surface area contributed by atoms with E-state index >= 15 is 0 Å². The van der Waals surface area contributed by atoms with Crippen LogP contribution in [0.5, 0.6) is 0 Å². The number of rotatable bonds is 3. The number of halogens is 1. The lowest BCUT2D eigenvalue weighted by Gasteiger charge is -2.23. The quantitative estimate of drug-likeness (QED) is 0.946. The molecule has 3 heterocycles. The van der Waals surface area contributed by atoms with Crippen molar-refractivity contribution in [2.45, 2.75) is 31.3 Å². The Labute approximate surface area is 128 Å². The number of nitrogens with one attached hydrogen (secondary N) is 1. The van der Waals surface area contributed by atoms with Crippen molar-refractivity contribution in [3.8, 4) is 5.69 Å². The van der Waals surface area contributed by atoms with Crippen LogP contribution in [0.15, 0.2) is 30.9 Å². The van der Waals surface area contributed by atoms with Gasteiger partial charge in [-0.05, 0) is 37.9 Å². The molecule has 0 saturated carbocycles. The standard InChI is InChI=1S/C15H18ClN5/c16-11-3-1-4-13(15(11)21-10-17-9-18-21)19-12-6-8-20-7-2-5-14(12)20/h1,3-4,9-10,12,14,19H,2,5-8H2. The Kier molecular flexibility index (Phi) is 3.31. The molecule has 0 bridgehead atoms. The van der Waals surface area contributed by atoms with Crippen molar-refractivity contribution < 1.29 is 0 Å². The largest absolute Gasteiger partial charge is 0.379 e. The second kappa shape index (κ2) is 5.31. The Morgan fingerprint density at radius 3 is 3.05 bits per heavy atom. The SMILES string of the molecule is Clc1cccc(NC2CCN3CCCC23)c1-n1cncn1. The van der Waals surface area contributed by atoms with Crippen LogP contribution in [-0.2, 0) is 0 Å². The third kappa shape index (κ3) is 2.30. The molecular weight excluding hydrogens is 286 g/mol. The van der Waals surface area contributed by atoms with Gasteiger partial charge >= 0.3 is 0 Å². The van der Waals surface area contributed by atoms with E-state index in [-0.39, 0.29) is 0 Å². The van der Waals surface area contributed by atoms with Gasteiger partial charge in [0.1, 0.15) is 18.3 Å². The van der Waals surface area contributed by atoms with Crippen LogP contribution in [0.1, 0.15) is 19.3 Å². The van der Waals surface area contributed by atoms with Crippen molar-refractivity contribution in [3.63, 3.8) is 0 Å². The number of anilines is 1. The van der Waals surface area contributed by atoms with Crippen molar-refractivity contribution in [2.24, 2.45) is 0 Å². The van der Waals surface area contributed by atoms with Crippen molar-refractivity contribution in [2.75, 3.05) is 18.4 Å². The molecule has 2 unspecified atom stereocenters. The highest BCUT2D eigenvalue weighted by Gasteiger charge is 2.37. The van der Waals surface area contributed by atoms with Gasteiger partial charge in [-0.15, -0.1) is 0 Å². The van der Waals surface area contributed by atoms with E-state index in [0.717, 1.165) is 11.4 Å². The molecule has 0 radical (unpaired) electrons. The van der Waals surface area contributed by atoms with E-state index in [1.165, 1.54) is 38.7 Å². The predicted molar refractivity (Wildman–Crippen MR) is 83.0 cm³/mol. The average Bonchev–Trinajstić information content (AvgIpc) is 3.18. The third-order valence-corrected chi connectivity index (χ3v) is 4.89. The van der Waals surface area contributed by atoms with Crippen LogP contribution in [0.2, 0.25) is 5.02 Å². The van der Waals surface area contributed by atoms with Crippen LogP contribution in [-0.4, -0.2) is 44.8 Å². The van der Waals surface area contributed by atoms with E-state index in [1.807, 2.05) is 12.1 Å². The molecule has 4 rings (SSSR count). The minimum absolute atomic E-state index is 0.494. The summed E-state index contributed by atoms with van der Waals surface area (Å²) in [7, 11) is 0. The number of hydrogen-bond donors (Lipinski definition) is 1. The fraction of sp³-hybridized carbons (Fsp3) is 0.467. The number of benzene rings is 1. The minimum atomic E-state index is 0.494. The molecule has 6 heteroatoms. The molecule has 2 aromatic rings. The van der Waals surface area contributed by atoms with Crippen molar-refractivity contribution >= 4 is 17.3 Å². The van der Waals surface area contributed by atoms with Gasteiger partial charge in [0.05, 0.1) is 10.7 Å². The molecule has 0 aliphatic carbocycles. The van der Waals surface area contributed by atoms with Gasteiger partial charge in [0.15, 0.2) is 0 Å². The Morgan fingerprint density at radius 2 is 2.19 bits per heavy atom. The number of para-hydroxylation sites is 1. The highest BCUT2D eigenvalue weighted by molar-refractivity contribution is 6.33. The van der Waals surface area contributed by atoms with Gasteiger partial charge in [-0.3, -0.25) is 4.90 Å². The first-order valence-corrected chi connectivity index (χ1v) is 7.85. The maximum Gasteiger partial charge on any atom is 0.138 e. The molecule has 2 aliphatic heterocycles. The van der Waals surface area contributed by atoms with E-state index in [0.29, 0.717) is 17.1 Å². The van der Waals surface area contributed by atoms with Crippen LogP contribution >= 0.6 is 11.6 Å². The molecule has 2 atom stereocenters. The van der Waals surface area contributed by atoms with Crippen LogP contribution in [0.4, 0.5) is 5.69 Å². The molecule has 2 fully saturated rings. The van der Waals surface area contributed by atoms with Crippen LogP contribution in [0, 0.1) is 0 Å². The highest BCUT2D eigenvalue weighted by Crippen LogP contribution is 2.33. The van der Waals surface area contributed by atoms with Crippen molar-refractivity contribution in [3.05, 3.63) is 35.9 Å². The first kappa shape index (κ1) is 13.1. The summed E-state index contributed by atoms with van der Waals surface area (Å²) < 4.78 is 1.73. The van der Waals surface area contributed by atoms with Gasteiger partial charge in [-0.2, -0.15) is 5.10 Å². The highest BCUT2D eigenvalue weighted by atomic mass is 35.5. The lowest BCUT2D eigenvalue weighted by Crippen LogP contribution is -2.34. The van der Waals surface area contributed by atoms with Gasteiger partial charge in [0.2, 0.25) is 0 Å². The van der Waals surface area contributed by atoms with Crippen molar-refractivity contribution in [1.29, 1.82) is 0 Å².